The lowest BCUT2D eigenvalue weighted by Crippen LogP contribution is -2.31. The van der Waals surface area contributed by atoms with Gasteiger partial charge in [0.2, 0.25) is 11.9 Å². The predicted molar refractivity (Wildman–Crippen MR) is 139 cm³/mol. The minimum absolute atomic E-state index is 0.396. The van der Waals surface area contributed by atoms with Crippen molar-refractivity contribution in [3.63, 3.8) is 0 Å². The molecule has 2 heterocycles. The molecular formula is C28H27N5O4. The molecule has 0 fully saturated rings. The fourth-order valence-electron chi connectivity index (χ4n) is 4.35. The number of aromatic nitrogens is 3. The summed E-state index contributed by atoms with van der Waals surface area (Å²) >= 11 is 0. The molecule has 0 spiro atoms. The molecule has 0 saturated carbocycles. The lowest BCUT2D eigenvalue weighted by atomic mass is 9.95. The van der Waals surface area contributed by atoms with Crippen LogP contribution in [0.25, 0.3) is 11.4 Å². The summed E-state index contributed by atoms with van der Waals surface area (Å²) in [6, 6.07) is 22.3. The van der Waals surface area contributed by atoms with Gasteiger partial charge in [-0.2, -0.15) is 4.98 Å². The number of methoxy groups -OCH3 is 2. The SMILES string of the molecule is COc1cc(OC)cc(-c2nc3n(n2)C(c2cccc(OCc4ccccc4)c2)C(C(N)=O)=C(C)N3)c1. The summed E-state index contributed by atoms with van der Waals surface area (Å²) in [6.45, 7) is 2.22. The Hall–Kier alpha value is -4.79. The Bertz CT molecular complexity index is 1460. The third kappa shape index (κ3) is 4.84. The zero-order chi connectivity index (χ0) is 25.9. The van der Waals surface area contributed by atoms with Gasteiger partial charge >= 0.3 is 0 Å². The van der Waals surface area contributed by atoms with Gasteiger partial charge in [0.1, 0.15) is 29.9 Å². The van der Waals surface area contributed by atoms with Crippen molar-refractivity contribution in [3.8, 4) is 28.6 Å². The van der Waals surface area contributed by atoms with Crippen LogP contribution >= 0.6 is 0 Å². The molecule has 1 aromatic heterocycles. The number of nitrogens with one attached hydrogen (secondary N) is 1. The van der Waals surface area contributed by atoms with Gasteiger partial charge in [-0.3, -0.25) is 4.79 Å². The fraction of sp³-hybridized carbons (Fsp3) is 0.179. The molecule has 1 amide bonds. The van der Waals surface area contributed by atoms with Crippen LogP contribution in [0.4, 0.5) is 5.95 Å². The van der Waals surface area contributed by atoms with Gasteiger partial charge < -0.3 is 25.3 Å². The summed E-state index contributed by atoms with van der Waals surface area (Å²) in [4.78, 5) is 17.3. The lowest BCUT2D eigenvalue weighted by Gasteiger charge is -2.27. The van der Waals surface area contributed by atoms with Crippen molar-refractivity contribution in [1.29, 1.82) is 0 Å². The van der Waals surface area contributed by atoms with Gasteiger partial charge in [-0.25, -0.2) is 4.68 Å². The number of primary amides is 1. The van der Waals surface area contributed by atoms with Crippen molar-refractivity contribution in [1.82, 2.24) is 14.8 Å². The molecule has 4 aromatic rings. The number of rotatable bonds is 8. The van der Waals surface area contributed by atoms with E-state index >= 15 is 0 Å². The van der Waals surface area contributed by atoms with Crippen molar-refractivity contribution in [2.75, 3.05) is 19.5 Å². The maximum atomic E-state index is 12.6. The van der Waals surface area contributed by atoms with Gasteiger partial charge in [0.25, 0.3) is 0 Å². The van der Waals surface area contributed by atoms with Crippen LogP contribution < -0.4 is 25.3 Å². The number of hydrogen-bond acceptors (Lipinski definition) is 7. The van der Waals surface area contributed by atoms with E-state index in [-0.39, 0.29) is 0 Å². The second kappa shape index (κ2) is 10.1. The Morgan fingerprint density at radius 3 is 2.38 bits per heavy atom. The summed E-state index contributed by atoms with van der Waals surface area (Å²) in [5.74, 6) is 2.28. The standard InChI is InChI=1S/C28H27N5O4/c1-17-24(26(29)34)25(19-10-7-11-21(12-19)37-16-18-8-5-4-6-9-18)33-28(30-17)31-27(32-33)20-13-22(35-2)15-23(14-20)36-3/h4-15,25H,16H2,1-3H3,(H2,29,34)(H,30,31,32). The Morgan fingerprint density at radius 2 is 1.70 bits per heavy atom. The number of carbonyl (C=O) groups is 1. The van der Waals surface area contributed by atoms with E-state index < -0.39 is 11.9 Å². The molecule has 0 aliphatic carbocycles. The van der Waals surface area contributed by atoms with E-state index in [1.54, 1.807) is 31.9 Å². The highest BCUT2D eigenvalue weighted by Gasteiger charge is 2.33. The number of ether oxygens (including phenoxy) is 3. The quantitative estimate of drug-likeness (QED) is 0.373. The number of carbonyl (C=O) groups excluding carboxylic acids is 1. The van der Waals surface area contributed by atoms with E-state index in [1.165, 1.54) is 0 Å². The number of hydrogen-bond donors (Lipinski definition) is 2. The van der Waals surface area contributed by atoms with Gasteiger partial charge in [0, 0.05) is 17.3 Å². The van der Waals surface area contributed by atoms with Crippen molar-refractivity contribution >= 4 is 11.9 Å². The first-order valence-corrected chi connectivity index (χ1v) is 11.7. The molecule has 9 nitrogen and oxygen atoms in total. The van der Waals surface area contributed by atoms with Crippen LogP contribution in [-0.4, -0.2) is 34.9 Å². The first kappa shape index (κ1) is 23.9. The number of benzene rings is 3. The number of amides is 1. The third-order valence-corrected chi connectivity index (χ3v) is 6.15. The molecule has 5 rings (SSSR count). The second-order valence-corrected chi connectivity index (χ2v) is 8.58. The van der Waals surface area contributed by atoms with E-state index in [9.17, 15) is 4.79 Å². The van der Waals surface area contributed by atoms with Crippen LogP contribution in [0.2, 0.25) is 0 Å². The first-order valence-electron chi connectivity index (χ1n) is 11.7. The normalized spacial score (nSPS) is 14.5. The zero-order valence-corrected chi connectivity index (χ0v) is 20.8. The van der Waals surface area contributed by atoms with Crippen LogP contribution in [0, 0.1) is 0 Å². The highest BCUT2D eigenvalue weighted by atomic mass is 16.5. The average molecular weight is 498 g/mol. The van der Waals surface area contributed by atoms with Gasteiger partial charge in [-0.15, -0.1) is 5.10 Å². The highest BCUT2D eigenvalue weighted by molar-refractivity contribution is 5.95. The number of nitrogens with zero attached hydrogens (tertiary/aromatic N) is 3. The van der Waals surface area contributed by atoms with Crippen molar-refractivity contribution in [2.24, 2.45) is 5.73 Å². The predicted octanol–water partition coefficient (Wildman–Crippen LogP) is 4.32. The second-order valence-electron chi connectivity index (χ2n) is 8.58. The minimum atomic E-state index is -0.595. The van der Waals surface area contributed by atoms with Crippen LogP contribution in [-0.2, 0) is 11.4 Å². The zero-order valence-electron chi connectivity index (χ0n) is 20.8. The Balaban J connectivity index is 1.55. The van der Waals surface area contributed by atoms with Crippen LogP contribution in [0.1, 0.15) is 24.1 Å². The van der Waals surface area contributed by atoms with E-state index in [0.29, 0.717) is 52.5 Å². The number of nitrogens with two attached hydrogens (primary N) is 1. The lowest BCUT2D eigenvalue weighted by molar-refractivity contribution is -0.115. The van der Waals surface area contributed by atoms with Crippen LogP contribution in [0.5, 0.6) is 17.2 Å². The summed E-state index contributed by atoms with van der Waals surface area (Å²) in [6.07, 6.45) is 0. The molecule has 1 aliphatic heterocycles. The summed E-state index contributed by atoms with van der Waals surface area (Å²) < 4.78 is 18.5. The van der Waals surface area contributed by atoms with Gasteiger partial charge in [0.05, 0.1) is 19.8 Å². The molecule has 3 aromatic carbocycles. The minimum Gasteiger partial charge on any atom is -0.497 e. The number of fused-ring (bicyclic) bond motifs is 1. The first-order chi connectivity index (χ1) is 18.0. The smallest absolute Gasteiger partial charge is 0.248 e. The van der Waals surface area contributed by atoms with Crippen molar-refractivity contribution < 1.29 is 19.0 Å². The van der Waals surface area contributed by atoms with Gasteiger partial charge in [-0.05, 0) is 42.3 Å². The summed E-state index contributed by atoms with van der Waals surface area (Å²) in [5, 5.41) is 7.94. The van der Waals surface area contributed by atoms with Crippen molar-refractivity contribution in [3.05, 3.63) is 95.2 Å². The Labute approximate surface area is 214 Å². The molecule has 1 aliphatic rings. The van der Waals surface area contributed by atoms with E-state index in [2.05, 4.69) is 5.32 Å². The van der Waals surface area contributed by atoms with E-state index in [0.717, 1.165) is 11.1 Å². The maximum absolute atomic E-state index is 12.6. The largest absolute Gasteiger partial charge is 0.497 e. The van der Waals surface area contributed by atoms with E-state index in [1.807, 2.05) is 66.7 Å². The number of allylic oxidation sites excluding steroid dienone is 1. The topological polar surface area (TPSA) is 114 Å². The Kier molecular flexibility index (Phi) is 6.51. The molecule has 1 unspecified atom stereocenters. The van der Waals surface area contributed by atoms with E-state index in [4.69, 9.17) is 30.0 Å². The monoisotopic (exact) mass is 497 g/mol. The molecule has 0 radical (unpaired) electrons. The molecule has 0 saturated heterocycles. The van der Waals surface area contributed by atoms with Gasteiger partial charge in [0.15, 0.2) is 5.82 Å². The summed E-state index contributed by atoms with van der Waals surface area (Å²) in [5.41, 5.74) is 9.41. The fourth-order valence-corrected chi connectivity index (χ4v) is 4.35. The number of anilines is 1. The molecule has 0 bridgehead atoms. The molecule has 37 heavy (non-hydrogen) atoms. The van der Waals surface area contributed by atoms with Gasteiger partial charge in [-0.1, -0.05) is 42.5 Å². The Morgan fingerprint density at radius 1 is 0.973 bits per heavy atom. The molecule has 3 N–H and O–H groups in total. The van der Waals surface area contributed by atoms with Crippen LogP contribution in [0.15, 0.2) is 84.1 Å². The maximum Gasteiger partial charge on any atom is 0.248 e. The van der Waals surface area contributed by atoms with Crippen molar-refractivity contribution in [2.45, 2.75) is 19.6 Å². The molecular weight excluding hydrogens is 470 g/mol. The summed E-state index contributed by atoms with van der Waals surface area (Å²) in [7, 11) is 3.17. The molecule has 9 heteroatoms. The molecule has 1 atom stereocenters. The van der Waals surface area contributed by atoms with Crippen LogP contribution in [0.3, 0.4) is 0 Å². The average Bonchev–Trinajstić information content (AvgIpc) is 3.35. The third-order valence-electron chi connectivity index (χ3n) is 6.15. The molecule has 188 valence electrons. The highest BCUT2D eigenvalue weighted by Crippen LogP contribution is 2.38.